The molecule has 0 unspecified atom stereocenters. The van der Waals surface area contributed by atoms with E-state index in [1.54, 1.807) is 23.1 Å². The monoisotopic (exact) mass is 418 g/mol. The average Bonchev–Trinajstić information content (AvgIpc) is 3.23. The fraction of sp³-hybridized carbons (Fsp3) is 0.667. The molecule has 0 saturated heterocycles. The van der Waals surface area contributed by atoms with Crippen molar-refractivity contribution >= 4 is 29.0 Å². The van der Waals surface area contributed by atoms with Crippen LogP contribution < -0.4 is 5.32 Å². The molecule has 2 aromatic heterocycles. The van der Waals surface area contributed by atoms with Crippen molar-refractivity contribution in [1.29, 1.82) is 0 Å². The molecule has 2 aromatic rings. The van der Waals surface area contributed by atoms with Gasteiger partial charge in [-0.05, 0) is 49.5 Å². The van der Waals surface area contributed by atoms with Gasteiger partial charge in [0.15, 0.2) is 5.16 Å². The highest BCUT2D eigenvalue weighted by atomic mass is 32.2. The van der Waals surface area contributed by atoms with Crippen LogP contribution in [-0.4, -0.2) is 32.0 Å². The van der Waals surface area contributed by atoms with Crippen molar-refractivity contribution in [3.8, 4) is 0 Å². The third-order valence-electron chi connectivity index (χ3n) is 6.25. The second kappa shape index (κ2) is 8.57. The second-order valence-electron chi connectivity index (χ2n) is 8.40. The minimum atomic E-state index is -0.166. The van der Waals surface area contributed by atoms with Crippen LogP contribution in [0.15, 0.2) is 22.7 Å². The normalized spacial score (nSPS) is 26.2. The lowest BCUT2D eigenvalue weighted by atomic mass is 9.78. The van der Waals surface area contributed by atoms with E-state index in [9.17, 15) is 4.79 Å². The quantitative estimate of drug-likeness (QED) is 0.663. The first kappa shape index (κ1) is 20.0. The minimum Gasteiger partial charge on any atom is -0.352 e. The van der Waals surface area contributed by atoms with E-state index in [1.165, 1.54) is 30.6 Å². The van der Waals surface area contributed by atoms with Crippen molar-refractivity contribution in [1.82, 2.24) is 20.1 Å². The summed E-state index contributed by atoms with van der Waals surface area (Å²) in [6, 6.07) is 5.02. The largest absolute Gasteiger partial charge is 0.352 e. The summed E-state index contributed by atoms with van der Waals surface area (Å²) in [6.07, 6.45) is 6.76. The van der Waals surface area contributed by atoms with Crippen LogP contribution in [0.4, 0.5) is 0 Å². The number of carbonyl (C=O) groups is 1. The SMILES string of the molecule is C[C@@H]1[C@H](C)CCC[C@@H]1NC(=O)[C@@H](C)Sc1nnc(Cc2cccs2)n1C1CC1. The lowest BCUT2D eigenvalue weighted by molar-refractivity contribution is -0.121. The van der Waals surface area contributed by atoms with Gasteiger partial charge in [0.05, 0.1) is 5.25 Å². The van der Waals surface area contributed by atoms with Gasteiger partial charge in [0.25, 0.3) is 0 Å². The van der Waals surface area contributed by atoms with Crippen LogP contribution in [0.3, 0.4) is 0 Å². The van der Waals surface area contributed by atoms with Crippen LogP contribution in [-0.2, 0) is 11.2 Å². The van der Waals surface area contributed by atoms with Crippen molar-refractivity contribution in [3.05, 3.63) is 28.2 Å². The molecule has 2 aliphatic carbocycles. The maximum atomic E-state index is 12.8. The average molecular weight is 419 g/mol. The fourth-order valence-corrected chi connectivity index (χ4v) is 5.72. The van der Waals surface area contributed by atoms with Gasteiger partial charge >= 0.3 is 0 Å². The Morgan fingerprint density at radius 1 is 1.32 bits per heavy atom. The summed E-state index contributed by atoms with van der Waals surface area (Å²) < 4.78 is 2.28. The van der Waals surface area contributed by atoms with E-state index in [2.05, 4.69) is 51.4 Å². The molecule has 1 amide bonds. The van der Waals surface area contributed by atoms with Crippen LogP contribution in [0.5, 0.6) is 0 Å². The van der Waals surface area contributed by atoms with Crippen LogP contribution in [0.2, 0.25) is 0 Å². The van der Waals surface area contributed by atoms with Crippen LogP contribution in [0, 0.1) is 11.8 Å². The lowest BCUT2D eigenvalue weighted by Crippen LogP contribution is -2.46. The Morgan fingerprint density at radius 2 is 2.14 bits per heavy atom. The first-order valence-corrected chi connectivity index (χ1v) is 12.2. The highest BCUT2D eigenvalue weighted by Gasteiger charge is 2.33. The molecule has 4 atom stereocenters. The van der Waals surface area contributed by atoms with E-state index < -0.39 is 0 Å². The summed E-state index contributed by atoms with van der Waals surface area (Å²) in [5, 5.41) is 15.1. The second-order valence-corrected chi connectivity index (χ2v) is 10.7. The zero-order valence-corrected chi connectivity index (χ0v) is 18.6. The Hall–Kier alpha value is -1.34. The number of hydrogen-bond donors (Lipinski definition) is 1. The van der Waals surface area contributed by atoms with Crippen LogP contribution >= 0.6 is 23.1 Å². The van der Waals surface area contributed by atoms with Gasteiger partial charge in [-0.1, -0.05) is 44.5 Å². The van der Waals surface area contributed by atoms with E-state index >= 15 is 0 Å². The number of aromatic nitrogens is 3. The standard InChI is InChI=1S/C21H30N4OS2/c1-13-6-4-8-18(14(13)2)22-20(26)15(3)28-21-24-23-19(25(21)16-9-10-16)12-17-7-5-11-27-17/h5,7,11,13-16,18H,4,6,8-10,12H2,1-3H3,(H,22,26)/t13-,14-,15-,18+/m1/s1. The molecule has 7 heteroatoms. The molecule has 0 spiro atoms. The van der Waals surface area contributed by atoms with Gasteiger partial charge in [-0.15, -0.1) is 21.5 Å². The third-order valence-corrected chi connectivity index (χ3v) is 8.18. The molecule has 2 aliphatic rings. The molecule has 2 saturated carbocycles. The first-order chi connectivity index (χ1) is 13.5. The molecule has 0 radical (unpaired) electrons. The first-order valence-electron chi connectivity index (χ1n) is 10.5. The molecule has 28 heavy (non-hydrogen) atoms. The summed E-state index contributed by atoms with van der Waals surface area (Å²) in [5.74, 6) is 2.37. The van der Waals surface area contributed by atoms with Gasteiger partial charge in [-0.25, -0.2) is 0 Å². The van der Waals surface area contributed by atoms with Crippen molar-refractivity contribution in [2.75, 3.05) is 0 Å². The van der Waals surface area contributed by atoms with E-state index in [-0.39, 0.29) is 11.2 Å². The molecular weight excluding hydrogens is 388 g/mol. The molecule has 5 nitrogen and oxygen atoms in total. The topological polar surface area (TPSA) is 59.8 Å². The minimum absolute atomic E-state index is 0.126. The van der Waals surface area contributed by atoms with Crippen LogP contribution in [0.25, 0.3) is 0 Å². The van der Waals surface area contributed by atoms with Gasteiger partial charge in [0.1, 0.15) is 5.82 Å². The van der Waals surface area contributed by atoms with E-state index in [0.29, 0.717) is 23.9 Å². The van der Waals surface area contributed by atoms with E-state index in [1.807, 2.05) is 6.92 Å². The Bertz CT molecular complexity index is 799. The predicted octanol–water partition coefficient (Wildman–Crippen LogP) is 4.69. The fourth-order valence-electron chi connectivity index (χ4n) is 4.07. The smallest absolute Gasteiger partial charge is 0.233 e. The van der Waals surface area contributed by atoms with Gasteiger partial charge < -0.3 is 9.88 Å². The van der Waals surface area contributed by atoms with Crippen molar-refractivity contribution < 1.29 is 4.79 Å². The van der Waals surface area contributed by atoms with E-state index in [0.717, 1.165) is 23.8 Å². The molecule has 2 fully saturated rings. The maximum Gasteiger partial charge on any atom is 0.233 e. The maximum absolute atomic E-state index is 12.8. The Kier molecular flexibility index (Phi) is 6.11. The number of nitrogens with one attached hydrogen (secondary N) is 1. The van der Waals surface area contributed by atoms with Gasteiger partial charge in [0.2, 0.25) is 5.91 Å². The summed E-state index contributed by atoms with van der Waals surface area (Å²) >= 11 is 3.31. The van der Waals surface area contributed by atoms with E-state index in [4.69, 9.17) is 0 Å². The van der Waals surface area contributed by atoms with Crippen LogP contribution in [0.1, 0.15) is 69.6 Å². The highest BCUT2D eigenvalue weighted by molar-refractivity contribution is 8.00. The van der Waals surface area contributed by atoms with Gasteiger partial charge in [-0.3, -0.25) is 4.79 Å². The Balaban J connectivity index is 1.42. The molecule has 2 heterocycles. The lowest BCUT2D eigenvalue weighted by Gasteiger charge is -2.35. The number of hydrogen-bond acceptors (Lipinski definition) is 5. The number of thioether (sulfide) groups is 1. The van der Waals surface area contributed by atoms with Gasteiger partial charge in [0, 0.05) is 23.4 Å². The van der Waals surface area contributed by atoms with Crippen molar-refractivity contribution in [2.24, 2.45) is 11.8 Å². The summed E-state index contributed by atoms with van der Waals surface area (Å²) in [7, 11) is 0. The number of thiophene rings is 1. The number of rotatable bonds is 7. The zero-order chi connectivity index (χ0) is 19.7. The highest BCUT2D eigenvalue weighted by Crippen LogP contribution is 2.40. The molecule has 0 aromatic carbocycles. The molecule has 4 rings (SSSR count). The summed E-state index contributed by atoms with van der Waals surface area (Å²) in [4.78, 5) is 14.1. The molecule has 1 N–H and O–H groups in total. The zero-order valence-electron chi connectivity index (χ0n) is 16.9. The number of amides is 1. The van der Waals surface area contributed by atoms with Gasteiger partial charge in [-0.2, -0.15) is 0 Å². The number of nitrogens with zero attached hydrogens (tertiary/aromatic N) is 3. The number of carbonyl (C=O) groups excluding carboxylic acids is 1. The Labute approximate surface area is 175 Å². The third kappa shape index (κ3) is 4.46. The predicted molar refractivity (Wildman–Crippen MR) is 115 cm³/mol. The summed E-state index contributed by atoms with van der Waals surface area (Å²) in [5.41, 5.74) is 0. The molecular formula is C21H30N4OS2. The van der Waals surface area contributed by atoms with Crippen molar-refractivity contribution in [3.63, 3.8) is 0 Å². The molecule has 0 aliphatic heterocycles. The molecule has 0 bridgehead atoms. The van der Waals surface area contributed by atoms with Crippen molar-refractivity contribution in [2.45, 2.75) is 81.8 Å². The molecule has 152 valence electrons. The Morgan fingerprint density at radius 3 is 2.86 bits per heavy atom. The summed E-state index contributed by atoms with van der Waals surface area (Å²) in [6.45, 7) is 6.56.